The van der Waals surface area contributed by atoms with E-state index in [4.69, 9.17) is 17.3 Å². The van der Waals surface area contributed by atoms with Gasteiger partial charge in [-0.15, -0.1) is 5.10 Å². The number of benzene rings is 1. The predicted octanol–water partition coefficient (Wildman–Crippen LogP) is 4.16. The van der Waals surface area contributed by atoms with Gasteiger partial charge in [0.25, 0.3) is 5.91 Å². The normalized spacial score (nSPS) is 13.9. The standard InChI is InChI=1S/C22H19ClF3N5O2/c1-2-21(33,22(24,25)26)18-12-30(29-28-18)11-13-7-8-31-16(9-13)10-17(20(27)32)19(31)14-3-5-15(23)6-4-14/h3-10,12,33H,2,11H2,1H3,(H2,27,32). The second-order valence-corrected chi connectivity index (χ2v) is 8.06. The van der Waals surface area contributed by atoms with Crippen LogP contribution in [0.2, 0.25) is 5.02 Å². The number of nitrogens with zero attached hydrogens (tertiary/aromatic N) is 4. The van der Waals surface area contributed by atoms with Gasteiger partial charge in [-0.1, -0.05) is 35.9 Å². The van der Waals surface area contributed by atoms with Crippen LogP contribution < -0.4 is 5.73 Å². The summed E-state index contributed by atoms with van der Waals surface area (Å²) in [7, 11) is 0. The quantitative estimate of drug-likeness (QED) is 0.435. The number of rotatable bonds is 6. The lowest BCUT2D eigenvalue weighted by Gasteiger charge is -2.26. The molecule has 0 aliphatic rings. The van der Waals surface area contributed by atoms with Gasteiger partial charge in [0.15, 0.2) is 0 Å². The monoisotopic (exact) mass is 477 g/mol. The molecule has 3 N–H and O–H groups in total. The lowest BCUT2D eigenvalue weighted by molar-refractivity contribution is -0.269. The minimum atomic E-state index is -4.88. The Bertz CT molecular complexity index is 1330. The lowest BCUT2D eigenvalue weighted by Crippen LogP contribution is -2.42. The molecule has 0 saturated carbocycles. The highest BCUT2D eigenvalue weighted by Gasteiger charge is 2.55. The molecule has 0 aliphatic heterocycles. The molecular formula is C22H19ClF3N5O2. The van der Waals surface area contributed by atoms with Crippen molar-refractivity contribution in [3.8, 4) is 11.3 Å². The van der Waals surface area contributed by atoms with Crippen molar-refractivity contribution in [2.24, 2.45) is 5.73 Å². The van der Waals surface area contributed by atoms with Gasteiger partial charge in [-0.25, -0.2) is 4.68 Å². The van der Waals surface area contributed by atoms with Gasteiger partial charge in [0, 0.05) is 16.7 Å². The van der Waals surface area contributed by atoms with Crippen LogP contribution in [-0.2, 0) is 12.1 Å². The first kappa shape index (κ1) is 22.8. The first-order valence-corrected chi connectivity index (χ1v) is 10.3. The van der Waals surface area contributed by atoms with Crippen molar-refractivity contribution in [1.82, 2.24) is 19.4 Å². The molecule has 33 heavy (non-hydrogen) atoms. The highest BCUT2D eigenvalue weighted by atomic mass is 35.5. The topological polar surface area (TPSA) is 98.4 Å². The molecule has 3 aromatic heterocycles. The maximum absolute atomic E-state index is 13.3. The third-order valence-electron chi connectivity index (χ3n) is 5.51. The largest absolute Gasteiger partial charge is 0.423 e. The molecule has 0 spiro atoms. The molecule has 172 valence electrons. The molecule has 4 aromatic rings. The number of hydrogen-bond acceptors (Lipinski definition) is 4. The van der Waals surface area contributed by atoms with Crippen LogP contribution in [0.15, 0.2) is 54.9 Å². The first-order valence-electron chi connectivity index (χ1n) is 9.93. The molecule has 7 nitrogen and oxygen atoms in total. The van der Waals surface area contributed by atoms with Gasteiger partial charge < -0.3 is 15.2 Å². The van der Waals surface area contributed by atoms with E-state index in [9.17, 15) is 23.1 Å². The van der Waals surface area contributed by atoms with Crippen molar-refractivity contribution in [3.05, 3.63) is 76.7 Å². The van der Waals surface area contributed by atoms with Gasteiger partial charge >= 0.3 is 6.18 Å². The Kier molecular flexibility index (Phi) is 5.67. The van der Waals surface area contributed by atoms with Crippen LogP contribution >= 0.6 is 11.6 Å². The highest BCUT2D eigenvalue weighted by Crippen LogP contribution is 2.40. The fraction of sp³-hybridized carbons (Fsp3) is 0.227. The molecule has 1 aromatic carbocycles. The summed E-state index contributed by atoms with van der Waals surface area (Å²) in [6, 6.07) is 12.1. The molecule has 3 heterocycles. The van der Waals surface area contributed by atoms with E-state index in [1.54, 1.807) is 53.1 Å². The summed E-state index contributed by atoms with van der Waals surface area (Å²) in [6.45, 7) is 1.33. The van der Waals surface area contributed by atoms with Crippen molar-refractivity contribution in [2.45, 2.75) is 31.7 Å². The summed E-state index contributed by atoms with van der Waals surface area (Å²) >= 11 is 5.97. The average molecular weight is 478 g/mol. The number of pyridine rings is 1. The number of carbonyl (C=O) groups is 1. The second-order valence-electron chi connectivity index (χ2n) is 7.62. The second kappa shape index (κ2) is 8.20. The Morgan fingerprint density at radius 1 is 1.18 bits per heavy atom. The summed E-state index contributed by atoms with van der Waals surface area (Å²) in [5, 5.41) is 17.9. The van der Waals surface area contributed by atoms with Gasteiger partial charge in [0.2, 0.25) is 5.60 Å². The molecule has 4 rings (SSSR count). The van der Waals surface area contributed by atoms with Crippen LogP contribution in [-0.4, -0.2) is 36.6 Å². The fourth-order valence-electron chi connectivity index (χ4n) is 3.69. The molecule has 0 fully saturated rings. The van der Waals surface area contributed by atoms with Crippen LogP contribution in [0.3, 0.4) is 0 Å². The van der Waals surface area contributed by atoms with Gasteiger partial charge in [0.05, 0.1) is 24.0 Å². The van der Waals surface area contributed by atoms with Gasteiger partial charge in [0.1, 0.15) is 5.69 Å². The summed E-state index contributed by atoms with van der Waals surface area (Å²) in [4.78, 5) is 12.1. The van der Waals surface area contributed by atoms with Crippen molar-refractivity contribution in [2.75, 3.05) is 0 Å². The van der Waals surface area contributed by atoms with Crippen molar-refractivity contribution in [3.63, 3.8) is 0 Å². The third kappa shape index (κ3) is 4.07. The molecular weight excluding hydrogens is 459 g/mol. The summed E-state index contributed by atoms with van der Waals surface area (Å²) in [6.07, 6.45) is -2.66. The zero-order chi connectivity index (χ0) is 24.0. The Morgan fingerprint density at radius 3 is 2.48 bits per heavy atom. The first-order chi connectivity index (χ1) is 15.5. The van der Waals surface area contributed by atoms with Crippen LogP contribution in [0.4, 0.5) is 13.2 Å². The molecule has 1 atom stereocenters. The van der Waals surface area contributed by atoms with Crippen molar-refractivity contribution in [1.29, 1.82) is 0 Å². The van der Waals surface area contributed by atoms with E-state index in [2.05, 4.69) is 10.3 Å². The van der Waals surface area contributed by atoms with Crippen LogP contribution in [0.5, 0.6) is 0 Å². The maximum atomic E-state index is 13.3. The summed E-state index contributed by atoms with van der Waals surface area (Å²) in [5.41, 5.74) is 4.96. The average Bonchev–Trinajstić information content (AvgIpc) is 3.38. The van der Waals surface area contributed by atoms with Crippen LogP contribution in [0.1, 0.15) is 35.0 Å². The number of carbonyl (C=O) groups excluding carboxylic acids is 1. The number of hydrogen-bond donors (Lipinski definition) is 2. The zero-order valence-electron chi connectivity index (χ0n) is 17.3. The smallest absolute Gasteiger partial charge is 0.375 e. The van der Waals surface area contributed by atoms with Crippen LogP contribution in [0, 0.1) is 0 Å². The number of aliphatic hydroxyl groups is 1. The lowest BCUT2D eigenvalue weighted by atomic mass is 9.96. The number of fused-ring (bicyclic) bond motifs is 1. The zero-order valence-corrected chi connectivity index (χ0v) is 18.1. The Morgan fingerprint density at radius 2 is 1.88 bits per heavy atom. The van der Waals surface area contributed by atoms with Crippen molar-refractivity contribution < 1.29 is 23.1 Å². The third-order valence-corrected chi connectivity index (χ3v) is 5.76. The van der Waals surface area contributed by atoms with Crippen LogP contribution in [0.25, 0.3) is 16.8 Å². The molecule has 0 aliphatic carbocycles. The van der Waals surface area contributed by atoms with Crippen molar-refractivity contribution >= 4 is 23.0 Å². The number of nitrogens with two attached hydrogens (primary N) is 1. The minimum absolute atomic E-state index is 0.106. The number of aromatic nitrogens is 4. The molecule has 11 heteroatoms. The number of amides is 1. The number of alkyl halides is 3. The van der Waals surface area contributed by atoms with E-state index in [1.165, 1.54) is 11.6 Å². The van der Waals surface area contributed by atoms with E-state index < -0.39 is 29.8 Å². The number of primary amides is 1. The van der Waals surface area contributed by atoms with E-state index in [1.807, 2.05) is 0 Å². The molecule has 1 unspecified atom stereocenters. The highest BCUT2D eigenvalue weighted by molar-refractivity contribution is 6.30. The minimum Gasteiger partial charge on any atom is -0.375 e. The summed E-state index contributed by atoms with van der Waals surface area (Å²) in [5.74, 6) is -0.600. The molecule has 0 bridgehead atoms. The Balaban J connectivity index is 1.70. The summed E-state index contributed by atoms with van der Waals surface area (Å²) < 4.78 is 42.9. The van der Waals surface area contributed by atoms with E-state index in [0.717, 1.165) is 11.8 Å². The number of halogens is 4. The predicted molar refractivity (Wildman–Crippen MR) is 116 cm³/mol. The molecule has 0 radical (unpaired) electrons. The van der Waals surface area contributed by atoms with Gasteiger partial charge in [-0.2, -0.15) is 13.2 Å². The van der Waals surface area contributed by atoms with Gasteiger partial charge in [-0.05, 0) is 47.9 Å². The SMILES string of the molecule is CCC(O)(c1cn(Cc2ccn3c(-c4ccc(Cl)cc4)c(C(N)=O)cc3c2)nn1)C(F)(F)F. The fourth-order valence-corrected chi connectivity index (χ4v) is 3.82. The maximum Gasteiger partial charge on any atom is 0.423 e. The van der Waals surface area contributed by atoms with Gasteiger partial charge in [-0.3, -0.25) is 4.79 Å². The Labute approximate surface area is 191 Å². The van der Waals surface area contributed by atoms with E-state index in [0.29, 0.717) is 27.4 Å². The van der Waals surface area contributed by atoms with E-state index >= 15 is 0 Å². The molecule has 1 amide bonds. The molecule has 0 saturated heterocycles. The van der Waals surface area contributed by atoms with E-state index in [-0.39, 0.29) is 6.54 Å². The Hall–Kier alpha value is -3.37.